The maximum atomic E-state index is 12.8. The molecule has 4 aromatic rings. The lowest BCUT2D eigenvalue weighted by Gasteiger charge is -2.10. The number of benzene rings is 2. The van der Waals surface area contributed by atoms with Crippen LogP contribution in [0.5, 0.6) is 0 Å². The summed E-state index contributed by atoms with van der Waals surface area (Å²) >= 11 is 6.09. The Hall–Kier alpha value is -3.52. The number of aryl methyl sites for hydroxylation is 1. The topological polar surface area (TPSA) is 90.5 Å². The maximum absolute atomic E-state index is 12.8. The highest BCUT2D eigenvalue weighted by atomic mass is 35.5. The van der Waals surface area contributed by atoms with Crippen LogP contribution in [-0.2, 0) is 0 Å². The molecule has 0 spiro atoms. The number of para-hydroxylation sites is 1. The van der Waals surface area contributed by atoms with Gasteiger partial charge in [-0.1, -0.05) is 29.8 Å². The SMILES string of the molecule is Cc1nn(-c2ccccc2)nc1C(=O)Nc1cc(Cl)ccc1-n1cncn1. The summed E-state index contributed by atoms with van der Waals surface area (Å²) in [6, 6.07) is 14.5. The highest BCUT2D eigenvalue weighted by Crippen LogP contribution is 2.24. The summed E-state index contributed by atoms with van der Waals surface area (Å²) in [7, 11) is 0. The molecule has 0 unspecified atom stereocenters. The largest absolute Gasteiger partial charge is 0.319 e. The first-order valence-corrected chi connectivity index (χ1v) is 8.45. The summed E-state index contributed by atoms with van der Waals surface area (Å²) < 4.78 is 1.54. The van der Waals surface area contributed by atoms with Crippen molar-refractivity contribution in [2.75, 3.05) is 5.32 Å². The summed E-state index contributed by atoms with van der Waals surface area (Å²) in [6.45, 7) is 1.73. The first-order valence-electron chi connectivity index (χ1n) is 8.07. The van der Waals surface area contributed by atoms with Crippen LogP contribution in [0.4, 0.5) is 5.69 Å². The van der Waals surface area contributed by atoms with Gasteiger partial charge in [0.15, 0.2) is 5.69 Å². The third kappa shape index (κ3) is 3.42. The predicted molar refractivity (Wildman–Crippen MR) is 100 cm³/mol. The number of halogens is 1. The van der Waals surface area contributed by atoms with Gasteiger partial charge in [-0.25, -0.2) is 9.67 Å². The summed E-state index contributed by atoms with van der Waals surface area (Å²) in [5.74, 6) is -0.390. The highest BCUT2D eigenvalue weighted by Gasteiger charge is 2.18. The minimum Gasteiger partial charge on any atom is -0.319 e. The fraction of sp³-hybridized carbons (Fsp3) is 0.0556. The standard InChI is InChI=1S/C18H14ClN7O/c1-12-17(24-26(23-12)14-5-3-2-4-6-14)18(27)22-15-9-13(19)7-8-16(15)25-11-20-10-21-25/h2-11H,1H3,(H,22,27). The molecule has 0 aliphatic heterocycles. The van der Waals surface area contributed by atoms with Crippen molar-refractivity contribution in [1.29, 1.82) is 0 Å². The van der Waals surface area contributed by atoms with Crippen LogP contribution in [-0.4, -0.2) is 35.7 Å². The lowest BCUT2D eigenvalue weighted by Crippen LogP contribution is -2.16. The molecule has 0 saturated carbocycles. The van der Waals surface area contributed by atoms with E-state index in [1.807, 2.05) is 30.3 Å². The quantitative estimate of drug-likeness (QED) is 0.588. The van der Waals surface area contributed by atoms with E-state index in [4.69, 9.17) is 11.6 Å². The van der Waals surface area contributed by atoms with Crippen molar-refractivity contribution in [2.45, 2.75) is 6.92 Å². The third-order valence-corrected chi connectivity index (χ3v) is 4.09. The van der Waals surface area contributed by atoms with Gasteiger partial charge in [-0.15, -0.1) is 5.10 Å². The van der Waals surface area contributed by atoms with Crippen LogP contribution in [0.1, 0.15) is 16.2 Å². The Balaban J connectivity index is 1.66. The normalized spacial score (nSPS) is 10.7. The number of hydrogen-bond donors (Lipinski definition) is 1. The average Bonchev–Trinajstić information content (AvgIpc) is 3.32. The summed E-state index contributed by atoms with van der Waals surface area (Å²) in [6.07, 6.45) is 2.95. The number of anilines is 1. The molecule has 4 rings (SSSR count). The van der Waals surface area contributed by atoms with E-state index in [1.54, 1.807) is 29.8 Å². The Morgan fingerprint density at radius 1 is 1.11 bits per heavy atom. The number of amides is 1. The average molecular weight is 380 g/mol. The van der Waals surface area contributed by atoms with Crippen LogP contribution in [0.3, 0.4) is 0 Å². The number of nitrogens with zero attached hydrogens (tertiary/aromatic N) is 6. The van der Waals surface area contributed by atoms with Gasteiger partial charge in [0.1, 0.15) is 12.7 Å². The van der Waals surface area contributed by atoms with Crippen LogP contribution in [0.25, 0.3) is 11.4 Å². The van der Waals surface area contributed by atoms with Gasteiger partial charge in [0, 0.05) is 5.02 Å². The summed E-state index contributed by atoms with van der Waals surface area (Å²) in [5.41, 5.74) is 2.64. The molecule has 2 aromatic heterocycles. The first kappa shape index (κ1) is 16.9. The molecule has 27 heavy (non-hydrogen) atoms. The molecule has 0 radical (unpaired) electrons. The smallest absolute Gasteiger partial charge is 0.278 e. The van der Waals surface area contributed by atoms with Gasteiger partial charge in [0.2, 0.25) is 0 Å². The van der Waals surface area contributed by atoms with Crippen LogP contribution in [0.15, 0.2) is 61.2 Å². The zero-order valence-corrected chi connectivity index (χ0v) is 15.0. The highest BCUT2D eigenvalue weighted by molar-refractivity contribution is 6.31. The zero-order chi connectivity index (χ0) is 18.8. The molecule has 1 amide bonds. The number of carbonyl (C=O) groups is 1. The van der Waals surface area contributed by atoms with Crippen molar-refractivity contribution in [3.05, 3.63) is 77.6 Å². The maximum Gasteiger partial charge on any atom is 0.278 e. The molecule has 0 atom stereocenters. The van der Waals surface area contributed by atoms with Gasteiger partial charge in [-0.05, 0) is 37.3 Å². The van der Waals surface area contributed by atoms with E-state index in [2.05, 4.69) is 25.6 Å². The Kier molecular flexibility index (Phi) is 4.39. The van der Waals surface area contributed by atoms with E-state index in [0.717, 1.165) is 5.69 Å². The first-order chi connectivity index (χ1) is 13.1. The zero-order valence-electron chi connectivity index (χ0n) is 14.2. The molecule has 0 saturated heterocycles. The van der Waals surface area contributed by atoms with Crippen LogP contribution in [0, 0.1) is 6.92 Å². The van der Waals surface area contributed by atoms with Crippen molar-refractivity contribution < 1.29 is 4.79 Å². The van der Waals surface area contributed by atoms with Crippen molar-refractivity contribution in [3.63, 3.8) is 0 Å². The summed E-state index contributed by atoms with van der Waals surface area (Å²) in [5, 5.41) is 16.1. The van der Waals surface area contributed by atoms with Gasteiger partial charge in [0.05, 0.1) is 22.8 Å². The van der Waals surface area contributed by atoms with Crippen LogP contribution >= 0.6 is 11.6 Å². The van der Waals surface area contributed by atoms with Crippen molar-refractivity contribution in [3.8, 4) is 11.4 Å². The molecule has 0 fully saturated rings. The Labute approximate surface area is 159 Å². The van der Waals surface area contributed by atoms with E-state index in [9.17, 15) is 4.79 Å². The second-order valence-electron chi connectivity index (χ2n) is 5.71. The molecule has 134 valence electrons. The van der Waals surface area contributed by atoms with E-state index in [1.165, 1.54) is 17.5 Å². The third-order valence-electron chi connectivity index (χ3n) is 3.86. The second kappa shape index (κ2) is 7.00. The Morgan fingerprint density at radius 2 is 1.93 bits per heavy atom. The van der Waals surface area contributed by atoms with Gasteiger partial charge < -0.3 is 5.32 Å². The molecule has 0 bridgehead atoms. The Morgan fingerprint density at radius 3 is 2.67 bits per heavy atom. The van der Waals surface area contributed by atoms with E-state index < -0.39 is 5.91 Å². The number of carbonyl (C=O) groups excluding carboxylic acids is 1. The molecule has 2 aromatic carbocycles. The van der Waals surface area contributed by atoms with E-state index in [-0.39, 0.29) is 5.69 Å². The number of hydrogen-bond acceptors (Lipinski definition) is 5. The minimum atomic E-state index is -0.390. The van der Waals surface area contributed by atoms with Crippen LogP contribution < -0.4 is 5.32 Å². The summed E-state index contributed by atoms with van der Waals surface area (Å²) in [4.78, 5) is 18.2. The molecule has 0 aliphatic rings. The fourth-order valence-corrected chi connectivity index (χ4v) is 2.76. The molecular formula is C18H14ClN7O. The second-order valence-corrected chi connectivity index (χ2v) is 6.15. The Bertz CT molecular complexity index is 1090. The number of rotatable bonds is 4. The molecule has 0 aliphatic carbocycles. The van der Waals surface area contributed by atoms with Crippen molar-refractivity contribution >= 4 is 23.2 Å². The van der Waals surface area contributed by atoms with Gasteiger partial charge in [-0.3, -0.25) is 4.79 Å². The van der Waals surface area contributed by atoms with Gasteiger partial charge in [0.25, 0.3) is 5.91 Å². The molecule has 1 N–H and O–H groups in total. The fourth-order valence-electron chi connectivity index (χ4n) is 2.59. The van der Waals surface area contributed by atoms with E-state index in [0.29, 0.717) is 22.1 Å². The van der Waals surface area contributed by atoms with Crippen LogP contribution in [0.2, 0.25) is 5.02 Å². The molecule has 2 heterocycles. The number of aromatic nitrogens is 6. The van der Waals surface area contributed by atoms with Crippen molar-refractivity contribution in [2.24, 2.45) is 0 Å². The predicted octanol–water partition coefficient (Wildman–Crippen LogP) is 3.06. The number of nitrogens with one attached hydrogen (secondary N) is 1. The monoisotopic (exact) mass is 379 g/mol. The van der Waals surface area contributed by atoms with Gasteiger partial charge in [-0.2, -0.15) is 15.0 Å². The van der Waals surface area contributed by atoms with Crippen molar-refractivity contribution in [1.82, 2.24) is 29.8 Å². The molecular weight excluding hydrogens is 366 g/mol. The molecule has 8 nitrogen and oxygen atoms in total. The van der Waals surface area contributed by atoms with Gasteiger partial charge >= 0.3 is 0 Å². The lowest BCUT2D eigenvalue weighted by molar-refractivity contribution is 0.102. The molecule has 9 heteroatoms. The van der Waals surface area contributed by atoms with E-state index >= 15 is 0 Å². The lowest BCUT2D eigenvalue weighted by atomic mass is 10.2. The minimum absolute atomic E-state index is 0.225.